The third-order valence-corrected chi connectivity index (χ3v) is 3.60. The first-order chi connectivity index (χ1) is 10.9. The van der Waals surface area contributed by atoms with Crippen LogP contribution in [0.5, 0.6) is 5.75 Å². The molecule has 2 rings (SSSR count). The first-order valence-electron chi connectivity index (χ1n) is 7.25. The molecule has 0 aromatic heterocycles. The minimum atomic E-state index is -0.862. The molecule has 1 aliphatic heterocycles. The zero-order chi connectivity index (χ0) is 17.1. The van der Waals surface area contributed by atoms with E-state index in [1.54, 1.807) is 18.2 Å². The lowest BCUT2D eigenvalue weighted by Crippen LogP contribution is -2.33. The molecule has 0 spiro atoms. The molecule has 1 heterocycles. The summed E-state index contributed by atoms with van der Waals surface area (Å²) < 4.78 is 5.20. The third kappa shape index (κ3) is 3.08. The van der Waals surface area contributed by atoms with Crippen LogP contribution in [0.25, 0.3) is 0 Å². The number of methoxy groups -OCH3 is 1. The standard InChI is InChI=1S/C16H18N2O5/c1-4-7-17-14(20)15(21)18(16(17)22)9-12-8-11(10(2)19)5-6-13(12)23-3/h5-6,8H,4,7,9H2,1-3H3. The quantitative estimate of drug-likeness (QED) is 0.452. The number of nitrogens with zero attached hydrogens (tertiary/aromatic N) is 2. The van der Waals surface area contributed by atoms with Crippen LogP contribution in [0.2, 0.25) is 0 Å². The number of hydrogen-bond donors (Lipinski definition) is 0. The topological polar surface area (TPSA) is 84.0 Å². The maximum absolute atomic E-state index is 12.2. The minimum absolute atomic E-state index is 0.117. The first-order valence-corrected chi connectivity index (χ1v) is 7.25. The van der Waals surface area contributed by atoms with Gasteiger partial charge in [-0.2, -0.15) is 0 Å². The first kappa shape index (κ1) is 16.7. The highest BCUT2D eigenvalue weighted by atomic mass is 16.5. The molecule has 122 valence electrons. The SMILES string of the molecule is CCCN1C(=O)C(=O)N(Cc2cc(C(C)=O)ccc2OC)C1=O. The van der Waals surface area contributed by atoms with Gasteiger partial charge in [-0.1, -0.05) is 6.92 Å². The molecule has 1 fully saturated rings. The van der Waals surface area contributed by atoms with Crippen molar-refractivity contribution < 1.29 is 23.9 Å². The molecule has 0 atom stereocenters. The van der Waals surface area contributed by atoms with E-state index in [4.69, 9.17) is 4.74 Å². The number of imide groups is 2. The maximum Gasteiger partial charge on any atom is 0.334 e. The van der Waals surface area contributed by atoms with Gasteiger partial charge in [0.2, 0.25) is 0 Å². The molecular weight excluding hydrogens is 300 g/mol. The summed E-state index contributed by atoms with van der Waals surface area (Å²) in [7, 11) is 1.45. The van der Waals surface area contributed by atoms with Gasteiger partial charge in [-0.05, 0) is 31.5 Å². The molecule has 0 saturated carbocycles. The van der Waals surface area contributed by atoms with Gasteiger partial charge in [0, 0.05) is 17.7 Å². The predicted octanol–water partition coefficient (Wildman–Crippen LogP) is 1.60. The summed E-state index contributed by atoms with van der Waals surface area (Å²) in [4.78, 5) is 49.4. The fraction of sp³-hybridized carbons (Fsp3) is 0.375. The molecule has 1 aromatic carbocycles. The largest absolute Gasteiger partial charge is 0.496 e. The van der Waals surface area contributed by atoms with E-state index in [9.17, 15) is 19.2 Å². The normalized spacial score (nSPS) is 14.7. The van der Waals surface area contributed by atoms with Crippen molar-refractivity contribution in [2.24, 2.45) is 0 Å². The second-order valence-corrected chi connectivity index (χ2v) is 5.21. The maximum atomic E-state index is 12.2. The van der Waals surface area contributed by atoms with Crippen molar-refractivity contribution in [1.82, 2.24) is 9.80 Å². The number of urea groups is 1. The zero-order valence-corrected chi connectivity index (χ0v) is 13.3. The van der Waals surface area contributed by atoms with Gasteiger partial charge in [-0.25, -0.2) is 4.79 Å². The Bertz CT molecular complexity index is 683. The van der Waals surface area contributed by atoms with Crippen molar-refractivity contribution in [2.45, 2.75) is 26.8 Å². The Balaban J connectivity index is 2.33. The Morgan fingerprint density at radius 3 is 2.35 bits per heavy atom. The van der Waals surface area contributed by atoms with E-state index in [2.05, 4.69) is 0 Å². The smallest absolute Gasteiger partial charge is 0.334 e. The Hall–Kier alpha value is -2.70. The fourth-order valence-corrected chi connectivity index (χ4v) is 2.40. The Morgan fingerprint density at radius 1 is 1.13 bits per heavy atom. The molecule has 0 aliphatic carbocycles. The number of benzene rings is 1. The second-order valence-electron chi connectivity index (χ2n) is 5.21. The van der Waals surface area contributed by atoms with Gasteiger partial charge in [0.25, 0.3) is 0 Å². The average Bonchev–Trinajstić information content (AvgIpc) is 2.73. The van der Waals surface area contributed by atoms with Crippen LogP contribution in [0.4, 0.5) is 4.79 Å². The lowest BCUT2D eigenvalue weighted by Gasteiger charge is -2.17. The van der Waals surface area contributed by atoms with E-state index >= 15 is 0 Å². The van der Waals surface area contributed by atoms with E-state index < -0.39 is 17.8 Å². The van der Waals surface area contributed by atoms with E-state index in [1.165, 1.54) is 14.0 Å². The van der Waals surface area contributed by atoms with Gasteiger partial charge in [-0.15, -0.1) is 0 Å². The molecule has 0 radical (unpaired) electrons. The molecule has 1 saturated heterocycles. The summed E-state index contributed by atoms with van der Waals surface area (Å²) in [6.45, 7) is 3.32. The highest BCUT2D eigenvalue weighted by molar-refractivity contribution is 6.44. The predicted molar refractivity (Wildman–Crippen MR) is 80.9 cm³/mol. The summed E-state index contributed by atoms with van der Waals surface area (Å²) >= 11 is 0. The molecule has 0 N–H and O–H groups in total. The number of amides is 4. The fourth-order valence-electron chi connectivity index (χ4n) is 2.40. The molecule has 0 unspecified atom stereocenters. The number of carbonyl (C=O) groups excluding carboxylic acids is 4. The van der Waals surface area contributed by atoms with Crippen molar-refractivity contribution in [3.8, 4) is 5.75 Å². The molecule has 7 heteroatoms. The average molecular weight is 318 g/mol. The molecule has 7 nitrogen and oxygen atoms in total. The molecular formula is C16H18N2O5. The highest BCUT2D eigenvalue weighted by Crippen LogP contribution is 2.24. The Kier molecular flexibility index (Phi) is 4.78. The van der Waals surface area contributed by atoms with Crippen LogP contribution < -0.4 is 4.74 Å². The van der Waals surface area contributed by atoms with Crippen LogP contribution in [0.1, 0.15) is 36.2 Å². The number of ether oxygens (including phenoxy) is 1. The van der Waals surface area contributed by atoms with Gasteiger partial charge >= 0.3 is 17.8 Å². The lowest BCUT2D eigenvalue weighted by molar-refractivity contribution is -0.143. The number of rotatable bonds is 6. The molecule has 23 heavy (non-hydrogen) atoms. The monoisotopic (exact) mass is 318 g/mol. The van der Waals surface area contributed by atoms with Gasteiger partial charge in [0.1, 0.15) is 5.75 Å². The van der Waals surface area contributed by atoms with Crippen molar-refractivity contribution in [2.75, 3.05) is 13.7 Å². The van der Waals surface area contributed by atoms with Crippen LogP contribution in [0.15, 0.2) is 18.2 Å². The van der Waals surface area contributed by atoms with Crippen molar-refractivity contribution in [3.05, 3.63) is 29.3 Å². The van der Waals surface area contributed by atoms with Crippen molar-refractivity contribution >= 4 is 23.6 Å². The summed E-state index contributed by atoms with van der Waals surface area (Å²) in [5, 5.41) is 0. The van der Waals surface area contributed by atoms with E-state index in [1.807, 2.05) is 6.92 Å². The molecule has 1 aliphatic rings. The summed E-state index contributed by atoms with van der Waals surface area (Å²) in [5.74, 6) is -1.38. The molecule has 0 bridgehead atoms. The summed E-state index contributed by atoms with van der Waals surface area (Å²) in [5.41, 5.74) is 0.935. The Labute approximate surface area is 133 Å². The number of ketones is 1. The van der Waals surface area contributed by atoms with Crippen LogP contribution in [0.3, 0.4) is 0 Å². The molecule has 4 amide bonds. The van der Waals surface area contributed by atoms with Crippen LogP contribution in [0, 0.1) is 0 Å². The van der Waals surface area contributed by atoms with Crippen molar-refractivity contribution in [3.63, 3.8) is 0 Å². The Morgan fingerprint density at radius 2 is 1.78 bits per heavy atom. The third-order valence-electron chi connectivity index (χ3n) is 3.60. The van der Waals surface area contributed by atoms with Gasteiger partial charge in [-0.3, -0.25) is 24.2 Å². The van der Waals surface area contributed by atoms with Gasteiger partial charge in [0.15, 0.2) is 5.78 Å². The van der Waals surface area contributed by atoms with Crippen LogP contribution in [-0.2, 0) is 16.1 Å². The van der Waals surface area contributed by atoms with E-state index in [-0.39, 0.29) is 18.9 Å². The second kappa shape index (κ2) is 6.60. The van der Waals surface area contributed by atoms with Gasteiger partial charge in [0.05, 0.1) is 13.7 Å². The van der Waals surface area contributed by atoms with Gasteiger partial charge < -0.3 is 4.74 Å². The number of hydrogen-bond acceptors (Lipinski definition) is 5. The minimum Gasteiger partial charge on any atom is -0.496 e. The zero-order valence-electron chi connectivity index (χ0n) is 13.3. The number of carbonyl (C=O) groups is 4. The molecule has 1 aromatic rings. The highest BCUT2D eigenvalue weighted by Gasteiger charge is 2.44. The van der Waals surface area contributed by atoms with Crippen LogP contribution in [-0.4, -0.2) is 47.1 Å². The lowest BCUT2D eigenvalue weighted by atomic mass is 10.1. The number of Topliss-reactive ketones (excluding diaryl/α,β-unsaturated/α-hetero) is 1. The van der Waals surface area contributed by atoms with Crippen LogP contribution >= 0.6 is 0 Å². The summed E-state index contributed by atoms with van der Waals surface area (Å²) in [6.07, 6.45) is 0.571. The summed E-state index contributed by atoms with van der Waals surface area (Å²) in [6, 6.07) is 4.13. The van der Waals surface area contributed by atoms with E-state index in [0.29, 0.717) is 23.3 Å². The van der Waals surface area contributed by atoms with E-state index in [0.717, 1.165) is 9.80 Å². The van der Waals surface area contributed by atoms with Crippen molar-refractivity contribution in [1.29, 1.82) is 0 Å².